The van der Waals surface area contributed by atoms with E-state index in [0.29, 0.717) is 19.0 Å². The molecule has 0 radical (unpaired) electrons. The number of rotatable bonds is 6. The molecule has 0 aliphatic carbocycles. The first-order valence-corrected chi connectivity index (χ1v) is 6.74. The molecule has 0 spiro atoms. The highest BCUT2D eigenvalue weighted by Crippen LogP contribution is 2.14. The molecule has 0 heterocycles. The van der Waals surface area contributed by atoms with Crippen molar-refractivity contribution >= 4 is 29.9 Å². The summed E-state index contributed by atoms with van der Waals surface area (Å²) in [5, 5.41) is 5.93. The van der Waals surface area contributed by atoms with E-state index in [4.69, 9.17) is 0 Å². The molecule has 0 saturated carbocycles. The number of benzene rings is 1. The van der Waals surface area contributed by atoms with Crippen molar-refractivity contribution in [2.24, 2.45) is 4.99 Å². The normalized spacial score (nSPS) is 12.0. The Balaban J connectivity index is 0.00000484. The van der Waals surface area contributed by atoms with Gasteiger partial charge in [-0.2, -0.15) is 13.2 Å². The van der Waals surface area contributed by atoms with Gasteiger partial charge < -0.3 is 10.6 Å². The van der Waals surface area contributed by atoms with E-state index in [0.717, 1.165) is 5.56 Å². The van der Waals surface area contributed by atoms with Gasteiger partial charge in [0.05, 0.1) is 6.54 Å². The van der Waals surface area contributed by atoms with Crippen LogP contribution in [0.3, 0.4) is 0 Å². The molecule has 0 unspecified atom stereocenters. The molecular formula is C14H21F4IN4. The minimum Gasteiger partial charge on any atom is -0.355 e. The van der Waals surface area contributed by atoms with Crippen LogP contribution in [0, 0.1) is 5.82 Å². The maximum atomic E-state index is 12.8. The lowest BCUT2D eigenvalue weighted by atomic mass is 10.2. The number of guanidine groups is 1. The molecule has 1 aromatic carbocycles. The fourth-order valence-corrected chi connectivity index (χ4v) is 1.76. The number of nitrogens with zero attached hydrogens (tertiary/aromatic N) is 2. The van der Waals surface area contributed by atoms with E-state index in [2.05, 4.69) is 15.6 Å². The maximum Gasteiger partial charge on any atom is 0.401 e. The zero-order valence-corrected chi connectivity index (χ0v) is 15.3. The Morgan fingerprint density at radius 1 is 1.17 bits per heavy atom. The molecular weight excluding hydrogens is 427 g/mol. The summed E-state index contributed by atoms with van der Waals surface area (Å²) in [6, 6.07) is 6.01. The fourth-order valence-electron chi connectivity index (χ4n) is 1.76. The number of hydrogen-bond donors (Lipinski definition) is 2. The molecule has 0 bridgehead atoms. The van der Waals surface area contributed by atoms with Crippen LogP contribution in [0.4, 0.5) is 17.6 Å². The van der Waals surface area contributed by atoms with Crippen LogP contribution in [-0.2, 0) is 6.54 Å². The Kier molecular flexibility index (Phi) is 10.1. The predicted octanol–water partition coefficient (Wildman–Crippen LogP) is 2.60. The van der Waals surface area contributed by atoms with E-state index >= 15 is 0 Å². The van der Waals surface area contributed by atoms with Gasteiger partial charge in [-0.05, 0) is 24.7 Å². The number of aliphatic imine (C=N–C) groups is 1. The van der Waals surface area contributed by atoms with Crippen LogP contribution in [0.25, 0.3) is 0 Å². The van der Waals surface area contributed by atoms with E-state index in [-0.39, 0.29) is 36.3 Å². The first-order valence-electron chi connectivity index (χ1n) is 6.74. The zero-order valence-electron chi connectivity index (χ0n) is 13.0. The molecule has 0 fully saturated rings. The maximum absolute atomic E-state index is 12.8. The van der Waals surface area contributed by atoms with E-state index < -0.39 is 12.7 Å². The van der Waals surface area contributed by atoms with Gasteiger partial charge in [0, 0.05) is 26.7 Å². The summed E-state index contributed by atoms with van der Waals surface area (Å²) in [5.74, 6) is 0.170. The van der Waals surface area contributed by atoms with Crippen LogP contribution in [0.1, 0.15) is 5.56 Å². The van der Waals surface area contributed by atoms with Gasteiger partial charge >= 0.3 is 6.18 Å². The van der Waals surface area contributed by atoms with E-state index in [1.165, 1.54) is 24.1 Å². The van der Waals surface area contributed by atoms with Gasteiger partial charge in [0.15, 0.2) is 5.96 Å². The second kappa shape index (κ2) is 10.6. The Morgan fingerprint density at radius 3 is 2.30 bits per heavy atom. The highest BCUT2D eigenvalue weighted by atomic mass is 127. The fraction of sp³-hybridized carbons (Fsp3) is 0.500. The smallest absolute Gasteiger partial charge is 0.355 e. The van der Waals surface area contributed by atoms with Crippen molar-refractivity contribution < 1.29 is 17.6 Å². The predicted molar refractivity (Wildman–Crippen MR) is 93.6 cm³/mol. The minimum atomic E-state index is -4.20. The Labute approximate surface area is 150 Å². The lowest BCUT2D eigenvalue weighted by Gasteiger charge is -2.19. The third kappa shape index (κ3) is 10.3. The molecule has 0 aliphatic rings. The second-order valence-corrected chi connectivity index (χ2v) is 4.83. The van der Waals surface area contributed by atoms with Crippen molar-refractivity contribution in [2.45, 2.75) is 12.7 Å². The van der Waals surface area contributed by atoms with Crippen molar-refractivity contribution in [3.8, 4) is 0 Å². The molecule has 2 N–H and O–H groups in total. The van der Waals surface area contributed by atoms with Gasteiger partial charge in [-0.1, -0.05) is 12.1 Å². The molecule has 0 aromatic heterocycles. The summed E-state index contributed by atoms with van der Waals surface area (Å²) in [6.07, 6.45) is -4.20. The molecule has 4 nitrogen and oxygen atoms in total. The molecule has 0 amide bonds. The largest absolute Gasteiger partial charge is 0.401 e. The molecule has 23 heavy (non-hydrogen) atoms. The molecule has 132 valence electrons. The van der Waals surface area contributed by atoms with Crippen LogP contribution in [0.15, 0.2) is 29.3 Å². The average Bonchev–Trinajstić information content (AvgIpc) is 2.42. The monoisotopic (exact) mass is 448 g/mol. The summed E-state index contributed by atoms with van der Waals surface area (Å²) in [4.78, 5) is 5.15. The standard InChI is InChI=1S/C14H20F4N4.HI/c1-19-13(20-7-8-22(2)10-14(16,17)18)21-9-11-3-5-12(15)6-4-11;/h3-6H,7-10H2,1-2H3,(H2,19,20,21);1H. The third-order valence-electron chi connectivity index (χ3n) is 2.83. The molecule has 1 aromatic rings. The second-order valence-electron chi connectivity index (χ2n) is 4.83. The van der Waals surface area contributed by atoms with E-state index in [9.17, 15) is 17.6 Å². The minimum absolute atomic E-state index is 0. The molecule has 0 atom stereocenters. The Bertz CT molecular complexity index is 477. The highest BCUT2D eigenvalue weighted by molar-refractivity contribution is 14.0. The van der Waals surface area contributed by atoms with Crippen molar-refractivity contribution in [1.82, 2.24) is 15.5 Å². The third-order valence-corrected chi connectivity index (χ3v) is 2.83. The van der Waals surface area contributed by atoms with Crippen molar-refractivity contribution in [3.05, 3.63) is 35.6 Å². The van der Waals surface area contributed by atoms with Crippen molar-refractivity contribution in [1.29, 1.82) is 0 Å². The van der Waals surface area contributed by atoms with Crippen LogP contribution in [0.2, 0.25) is 0 Å². The summed E-state index contributed by atoms with van der Waals surface area (Å²) in [7, 11) is 2.98. The Hall–Kier alpha value is -1.10. The summed E-state index contributed by atoms with van der Waals surface area (Å²) in [5.41, 5.74) is 0.874. The van der Waals surface area contributed by atoms with Crippen LogP contribution < -0.4 is 10.6 Å². The van der Waals surface area contributed by atoms with Gasteiger partial charge in [0.1, 0.15) is 5.82 Å². The van der Waals surface area contributed by atoms with Gasteiger partial charge in [-0.3, -0.25) is 9.89 Å². The number of hydrogen-bond acceptors (Lipinski definition) is 2. The first-order chi connectivity index (χ1) is 10.3. The summed E-state index contributed by atoms with van der Waals surface area (Å²) < 4.78 is 49.3. The quantitative estimate of drug-likeness (QED) is 0.304. The number of likely N-dealkylation sites (N-methyl/N-ethyl adjacent to an activating group) is 1. The van der Waals surface area contributed by atoms with Crippen molar-refractivity contribution in [3.63, 3.8) is 0 Å². The Morgan fingerprint density at radius 2 is 1.78 bits per heavy atom. The van der Waals surface area contributed by atoms with Gasteiger partial charge in [0.25, 0.3) is 0 Å². The van der Waals surface area contributed by atoms with Crippen LogP contribution in [-0.4, -0.2) is 50.8 Å². The number of alkyl halides is 3. The molecule has 0 aliphatic heterocycles. The number of nitrogens with one attached hydrogen (secondary N) is 2. The topological polar surface area (TPSA) is 39.7 Å². The van der Waals surface area contributed by atoms with Crippen LogP contribution >= 0.6 is 24.0 Å². The van der Waals surface area contributed by atoms with Gasteiger partial charge in [-0.15, -0.1) is 24.0 Å². The first kappa shape index (κ1) is 21.9. The van der Waals surface area contributed by atoms with Gasteiger partial charge in [-0.25, -0.2) is 4.39 Å². The van der Waals surface area contributed by atoms with E-state index in [1.807, 2.05) is 0 Å². The molecule has 1 rings (SSSR count). The molecule has 9 heteroatoms. The lowest BCUT2D eigenvalue weighted by Crippen LogP contribution is -2.42. The molecule has 0 saturated heterocycles. The summed E-state index contributed by atoms with van der Waals surface area (Å²) in [6.45, 7) is 0.0566. The highest BCUT2D eigenvalue weighted by Gasteiger charge is 2.28. The van der Waals surface area contributed by atoms with Gasteiger partial charge in [0.2, 0.25) is 0 Å². The van der Waals surface area contributed by atoms with E-state index in [1.54, 1.807) is 19.2 Å². The number of halogens is 5. The van der Waals surface area contributed by atoms with Crippen LogP contribution in [0.5, 0.6) is 0 Å². The summed E-state index contributed by atoms with van der Waals surface area (Å²) >= 11 is 0. The SMILES string of the molecule is CN=C(NCCN(C)CC(F)(F)F)NCc1ccc(F)cc1.I. The van der Waals surface area contributed by atoms with Crippen molar-refractivity contribution in [2.75, 3.05) is 33.7 Å². The zero-order chi connectivity index (χ0) is 16.6. The average molecular weight is 448 g/mol. The lowest BCUT2D eigenvalue weighted by molar-refractivity contribution is -0.142.